The Bertz CT molecular complexity index is 680. The Balaban J connectivity index is 1.99. The number of carbonyl (C=O) groups is 1. The molecule has 0 spiro atoms. The summed E-state index contributed by atoms with van der Waals surface area (Å²) in [4.78, 5) is 29.1. The molecule has 0 aliphatic heterocycles. The number of aromatic nitrogens is 2. The van der Waals surface area contributed by atoms with E-state index in [1.807, 2.05) is 0 Å². The van der Waals surface area contributed by atoms with E-state index in [0.717, 1.165) is 0 Å². The van der Waals surface area contributed by atoms with E-state index < -0.39 is 23.3 Å². The smallest absolute Gasteiger partial charge is 0.406 e. The van der Waals surface area contributed by atoms with Crippen LogP contribution in [0.3, 0.4) is 0 Å². The topological polar surface area (TPSA) is 107 Å². The molecule has 0 fully saturated rings. The number of amides is 1. The number of anilines is 1. The lowest BCUT2D eigenvalue weighted by Gasteiger charge is -2.08. The van der Waals surface area contributed by atoms with Crippen molar-refractivity contribution in [1.82, 2.24) is 9.97 Å². The van der Waals surface area contributed by atoms with Gasteiger partial charge in [0.25, 0.3) is 5.91 Å². The predicted octanol–water partition coefficient (Wildman–Crippen LogP) is 2.06. The van der Waals surface area contributed by atoms with Crippen LogP contribution in [0, 0.1) is 10.1 Å². The third-order valence-electron chi connectivity index (χ3n) is 2.32. The van der Waals surface area contributed by atoms with Crippen molar-refractivity contribution in [2.75, 3.05) is 11.9 Å². The third kappa shape index (κ3) is 3.86. The van der Waals surface area contributed by atoms with Gasteiger partial charge in [0.2, 0.25) is 5.75 Å². The Kier molecular flexibility index (Phi) is 4.62. The van der Waals surface area contributed by atoms with Crippen LogP contribution in [-0.2, 0) is 4.79 Å². The van der Waals surface area contributed by atoms with Crippen LogP contribution in [-0.4, -0.2) is 27.4 Å². The normalized spacial score (nSPS) is 9.95. The Morgan fingerprint density at radius 2 is 2.05 bits per heavy atom. The average molecular weight is 309 g/mol. The molecule has 0 aliphatic carbocycles. The second-order valence-electron chi connectivity index (χ2n) is 3.76. The summed E-state index contributed by atoms with van der Waals surface area (Å²) in [5.74, 6) is -1.07. The molecule has 0 aromatic carbocycles. The Morgan fingerprint density at radius 1 is 1.33 bits per heavy atom. The van der Waals surface area contributed by atoms with Gasteiger partial charge in [-0.3, -0.25) is 4.79 Å². The first-order valence-corrected chi connectivity index (χ1v) is 6.08. The van der Waals surface area contributed by atoms with Gasteiger partial charge in [0.05, 0.1) is 5.69 Å². The Hall–Kier alpha value is -2.74. The zero-order valence-electron chi connectivity index (χ0n) is 10.5. The summed E-state index contributed by atoms with van der Waals surface area (Å²) in [5, 5.41) is 13.4. The summed E-state index contributed by atoms with van der Waals surface area (Å²) in [7, 11) is 0. The van der Waals surface area contributed by atoms with Crippen LogP contribution in [0.25, 0.3) is 0 Å². The number of hydrogen-bond acceptors (Lipinski definition) is 6. The van der Waals surface area contributed by atoms with E-state index in [1.165, 1.54) is 24.5 Å². The molecule has 2 aromatic rings. The molecule has 0 saturated carbocycles. The van der Waals surface area contributed by atoms with E-state index in [9.17, 15) is 14.9 Å². The molecule has 0 radical (unpaired) electrons. The fourth-order valence-corrected chi connectivity index (χ4v) is 1.61. The number of rotatable bonds is 5. The highest BCUT2D eigenvalue weighted by Crippen LogP contribution is 2.23. The second kappa shape index (κ2) is 6.62. The van der Waals surface area contributed by atoms with Crippen molar-refractivity contribution >= 4 is 29.0 Å². The monoisotopic (exact) mass is 308 g/mol. The van der Waals surface area contributed by atoms with Crippen LogP contribution in [0.1, 0.15) is 0 Å². The van der Waals surface area contributed by atoms with Crippen LogP contribution in [0.5, 0.6) is 5.75 Å². The van der Waals surface area contributed by atoms with Crippen molar-refractivity contribution in [3.63, 3.8) is 0 Å². The first-order chi connectivity index (χ1) is 10.1. The van der Waals surface area contributed by atoms with Gasteiger partial charge >= 0.3 is 5.82 Å². The molecule has 8 nitrogen and oxygen atoms in total. The largest absolute Gasteiger partial charge is 0.476 e. The number of pyridine rings is 2. The molecule has 2 rings (SSSR count). The van der Waals surface area contributed by atoms with Crippen molar-refractivity contribution in [2.24, 2.45) is 0 Å². The standard InChI is InChI=1S/C12H9ClN4O4/c13-11-8(3-1-5-14-11)16-10(18)7-21-9-4-2-6-15-12(9)17(19)20/h1-6H,7H2,(H,16,18). The molecule has 0 saturated heterocycles. The second-order valence-corrected chi connectivity index (χ2v) is 4.12. The maximum absolute atomic E-state index is 11.7. The van der Waals surface area contributed by atoms with Crippen LogP contribution in [0.15, 0.2) is 36.7 Å². The fourth-order valence-electron chi connectivity index (χ4n) is 1.44. The van der Waals surface area contributed by atoms with E-state index in [0.29, 0.717) is 5.69 Å². The lowest BCUT2D eigenvalue weighted by Crippen LogP contribution is -2.20. The van der Waals surface area contributed by atoms with Gasteiger partial charge in [0, 0.05) is 6.20 Å². The van der Waals surface area contributed by atoms with Crippen molar-refractivity contribution in [1.29, 1.82) is 0 Å². The molecule has 0 unspecified atom stereocenters. The van der Waals surface area contributed by atoms with E-state index in [-0.39, 0.29) is 10.9 Å². The van der Waals surface area contributed by atoms with Crippen molar-refractivity contribution < 1.29 is 14.5 Å². The molecule has 108 valence electrons. The first kappa shape index (κ1) is 14.7. The number of nitrogens with zero attached hydrogens (tertiary/aromatic N) is 3. The van der Waals surface area contributed by atoms with Crippen LogP contribution < -0.4 is 10.1 Å². The highest BCUT2D eigenvalue weighted by molar-refractivity contribution is 6.32. The minimum atomic E-state index is -0.689. The zero-order chi connectivity index (χ0) is 15.2. The predicted molar refractivity (Wildman–Crippen MR) is 74.3 cm³/mol. The summed E-state index contributed by atoms with van der Waals surface area (Å²) in [6.45, 7) is -0.419. The first-order valence-electron chi connectivity index (χ1n) is 5.70. The van der Waals surface area contributed by atoms with Gasteiger partial charge < -0.3 is 20.2 Å². The van der Waals surface area contributed by atoms with Gasteiger partial charge in [0.15, 0.2) is 11.8 Å². The highest BCUT2D eigenvalue weighted by atomic mass is 35.5. The number of carbonyl (C=O) groups excluding carboxylic acids is 1. The lowest BCUT2D eigenvalue weighted by atomic mass is 10.4. The maximum Gasteiger partial charge on any atom is 0.406 e. The number of nitro groups is 1. The molecular weight excluding hydrogens is 300 g/mol. The summed E-state index contributed by atoms with van der Waals surface area (Å²) < 4.78 is 5.09. The molecule has 21 heavy (non-hydrogen) atoms. The molecule has 2 heterocycles. The number of nitrogens with one attached hydrogen (secondary N) is 1. The number of ether oxygens (including phenoxy) is 1. The van der Waals surface area contributed by atoms with Crippen molar-refractivity contribution in [2.45, 2.75) is 0 Å². The molecule has 1 N–H and O–H groups in total. The maximum atomic E-state index is 11.7. The minimum Gasteiger partial charge on any atom is -0.476 e. The number of halogens is 1. The van der Waals surface area contributed by atoms with Crippen molar-refractivity contribution in [3.8, 4) is 5.75 Å². The van der Waals surface area contributed by atoms with Gasteiger partial charge in [-0.1, -0.05) is 11.6 Å². The van der Waals surface area contributed by atoms with Crippen molar-refractivity contribution in [3.05, 3.63) is 51.9 Å². The van der Waals surface area contributed by atoms with Gasteiger partial charge in [-0.15, -0.1) is 0 Å². The van der Waals surface area contributed by atoms with E-state index in [4.69, 9.17) is 16.3 Å². The van der Waals surface area contributed by atoms with Gasteiger partial charge in [-0.25, -0.2) is 4.98 Å². The summed E-state index contributed by atoms with van der Waals surface area (Å²) >= 11 is 5.79. The molecular formula is C12H9ClN4O4. The average Bonchev–Trinajstić information content (AvgIpc) is 2.48. The van der Waals surface area contributed by atoms with E-state index in [1.54, 1.807) is 12.1 Å². The molecule has 1 amide bonds. The molecule has 0 atom stereocenters. The highest BCUT2D eigenvalue weighted by Gasteiger charge is 2.17. The summed E-state index contributed by atoms with van der Waals surface area (Å²) in [6, 6.07) is 6.00. The molecule has 9 heteroatoms. The van der Waals surface area contributed by atoms with Gasteiger partial charge in [-0.2, -0.15) is 0 Å². The molecule has 2 aromatic heterocycles. The van der Waals surface area contributed by atoms with Gasteiger partial charge in [-0.05, 0) is 34.2 Å². The minimum absolute atomic E-state index is 0.0880. The third-order valence-corrected chi connectivity index (χ3v) is 2.62. The Morgan fingerprint density at radius 3 is 2.76 bits per heavy atom. The van der Waals surface area contributed by atoms with Crippen LogP contribution in [0.2, 0.25) is 5.15 Å². The zero-order valence-corrected chi connectivity index (χ0v) is 11.3. The summed E-state index contributed by atoms with van der Waals surface area (Å²) in [5.41, 5.74) is 0.327. The Labute approximate surface area is 123 Å². The quantitative estimate of drug-likeness (QED) is 0.514. The van der Waals surface area contributed by atoms with Crippen LogP contribution in [0.4, 0.5) is 11.5 Å². The summed E-state index contributed by atoms with van der Waals surface area (Å²) in [6.07, 6.45) is 2.74. The number of hydrogen-bond donors (Lipinski definition) is 1. The lowest BCUT2D eigenvalue weighted by molar-refractivity contribution is -0.390. The molecule has 0 bridgehead atoms. The SMILES string of the molecule is O=C(COc1cccnc1[N+](=O)[O-])Nc1cccnc1Cl. The van der Waals surface area contributed by atoms with E-state index in [2.05, 4.69) is 15.3 Å². The van der Waals surface area contributed by atoms with E-state index >= 15 is 0 Å². The van der Waals surface area contributed by atoms with Gasteiger partial charge in [0.1, 0.15) is 6.20 Å². The molecule has 0 aliphatic rings. The fraction of sp³-hybridized carbons (Fsp3) is 0.0833. The van der Waals surface area contributed by atoms with Crippen LogP contribution >= 0.6 is 11.6 Å².